The van der Waals surface area contributed by atoms with Crippen LogP contribution < -0.4 is 9.62 Å². The summed E-state index contributed by atoms with van der Waals surface area (Å²) in [6.07, 6.45) is 0.980. The molecule has 0 saturated heterocycles. The maximum absolute atomic E-state index is 14.5. The molecular formula is C37H42ClN3O4S. The van der Waals surface area contributed by atoms with Crippen LogP contribution in [0.25, 0.3) is 0 Å². The van der Waals surface area contributed by atoms with Crippen LogP contribution >= 0.6 is 11.6 Å². The Balaban J connectivity index is 1.80. The largest absolute Gasteiger partial charge is 0.354 e. The zero-order valence-electron chi connectivity index (χ0n) is 26.8. The summed E-state index contributed by atoms with van der Waals surface area (Å²) in [4.78, 5) is 29.8. The standard InChI is InChI=1S/C37H42ClN3O4S/c1-5-23-39-37(43)35(24-29-9-7-6-8-10-29)40(25-30-13-17-32(38)18-14-30)36(42)26-41(33-19-15-31(16-20-33)27(2)3)46(44,45)34-21-11-28(4)12-22-34/h6-22,27,35H,5,23-26H2,1-4H3,(H,39,43)/t35-/m0/s1. The molecule has 1 atom stereocenters. The number of amides is 2. The third-order valence-electron chi connectivity index (χ3n) is 7.82. The van der Waals surface area contributed by atoms with Gasteiger partial charge in [0.15, 0.2) is 0 Å². The maximum Gasteiger partial charge on any atom is 0.264 e. The Labute approximate surface area is 278 Å². The summed E-state index contributed by atoms with van der Waals surface area (Å²) in [6, 6.07) is 29.4. The molecule has 2 amide bonds. The highest BCUT2D eigenvalue weighted by Crippen LogP contribution is 2.27. The quantitative estimate of drug-likeness (QED) is 0.156. The number of sulfonamides is 1. The molecule has 0 bridgehead atoms. The number of benzene rings is 4. The van der Waals surface area contributed by atoms with E-state index in [9.17, 15) is 18.0 Å². The van der Waals surface area contributed by atoms with Crippen LogP contribution in [0.15, 0.2) is 108 Å². The molecule has 0 spiro atoms. The van der Waals surface area contributed by atoms with E-state index >= 15 is 0 Å². The Kier molecular flexibility index (Phi) is 12.0. The molecule has 0 saturated carbocycles. The van der Waals surface area contributed by atoms with Crippen molar-refractivity contribution in [3.05, 3.63) is 130 Å². The second-order valence-corrected chi connectivity index (χ2v) is 14.0. The Morgan fingerprint density at radius 3 is 2.04 bits per heavy atom. The van der Waals surface area contributed by atoms with Gasteiger partial charge in [-0.3, -0.25) is 13.9 Å². The number of aryl methyl sites for hydroxylation is 1. The summed E-state index contributed by atoms with van der Waals surface area (Å²) in [5.74, 6) is -0.568. The summed E-state index contributed by atoms with van der Waals surface area (Å²) in [5.41, 5.74) is 3.95. The lowest BCUT2D eigenvalue weighted by Crippen LogP contribution is -2.53. The van der Waals surface area contributed by atoms with Gasteiger partial charge < -0.3 is 10.2 Å². The molecule has 7 nitrogen and oxygen atoms in total. The number of anilines is 1. The van der Waals surface area contributed by atoms with Gasteiger partial charge >= 0.3 is 0 Å². The number of carbonyl (C=O) groups excluding carboxylic acids is 2. The van der Waals surface area contributed by atoms with Crippen LogP contribution in [0.2, 0.25) is 5.02 Å². The van der Waals surface area contributed by atoms with E-state index in [4.69, 9.17) is 11.6 Å². The van der Waals surface area contributed by atoms with E-state index in [0.29, 0.717) is 17.3 Å². The molecule has 0 aliphatic rings. The second-order valence-electron chi connectivity index (χ2n) is 11.7. The summed E-state index contributed by atoms with van der Waals surface area (Å²) >= 11 is 6.16. The minimum absolute atomic E-state index is 0.0737. The van der Waals surface area contributed by atoms with Crippen LogP contribution in [0.4, 0.5) is 5.69 Å². The molecule has 0 aliphatic carbocycles. The normalized spacial score (nSPS) is 12.0. The van der Waals surface area contributed by atoms with E-state index in [1.807, 2.05) is 56.3 Å². The van der Waals surface area contributed by atoms with Gasteiger partial charge in [-0.15, -0.1) is 0 Å². The van der Waals surface area contributed by atoms with Gasteiger partial charge in [-0.1, -0.05) is 105 Å². The summed E-state index contributed by atoms with van der Waals surface area (Å²) in [6.45, 7) is 7.99. The van der Waals surface area contributed by atoms with Crippen LogP contribution in [-0.2, 0) is 32.6 Å². The highest BCUT2D eigenvalue weighted by molar-refractivity contribution is 7.92. The third kappa shape index (κ3) is 8.98. The number of hydrogen-bond acceptors (Lipinski definition) is 4. The van der Waals surface area contributed by atoms with Crippen molar-refractivity contribution in [1.82, 2.24) is 10.2 Å². The van der Waals surface area contributed by atoms with Crippen LogP contribution in [0, 0.1) is 6.92 Å². The fourth-order valence-corrected chi connectivity index (χ4v) is 6.64. The fraction of sp³-hybridized carbons (Fsp3) is 0.297. The Hall–Kier alpha value is -4.14. The van der Waals surface area contributed by atoms with Crippen molar-refractivity contribution < 1.29 is 18.0 Å². The van der Waals surface area contributed by atoms with Crippen LogP contribution in [0.1, 0.15) is 55.4 Å². The van der Waals surface area contributed by atoms with Crippen LogP contribution in [-0.4, -0.2) is 44.3 Å². The van der Waals surface area contributed by atoms with Gasteiger partial charge in [0.2, 0.25) is 11.8 Å². The number of hydrogen-bond donors (Lipinski definition) is 1. The van der Waals surface area contributed by atoms with Gasteiger partial charge in [0.1, 0.15) is 12.6 Å². The molecule has 9 heteroatoms. The molecule has 4 aromatic carbocycles. The first-order valence-corrected chi connectivity index (χ1v) is 17.4. The van der Waals surface area contributed by atoms with Gasteiger partial charge in [-0.05, 0) is 72.4 Å². The van der Waals surface area contributed by atoms with Crippen molar-refractivity contribution in [3.63, 3.8) is 0 Å². The lowest BCUT2D eigenvalue weighted by Gasteiger charge is -2.34. The van der Waals surface area contributed by atoms with Gasteiger partial charge in [-0.2, -0.15) is 0 Å². The lowest BCUT2D eigenvalue weighted by molar-refractivity contribution is -0.140. The Morgan fingerprint density at radius 2 is 1.46 bits per heavy atom. The number of nitrogens with zero attached hydrogens (tertiary/aromatic N) is 2. The van der Waals surface area contributed by atoms with E-state index in [-0.39, 0.29) is 29.7 Å². The molecule has 4 aromatic rings. The van der Waals surface area contributed by atoms with Crippen molar-refractivity contribution in [2.24, 2.45) is 0 Å². The van der Waals surface area contributed by atoms with Crippen LogP contribution in [0.3, 0.4) is 0 Å². The van der Waals surface area contributed by atoms with Crippen molar-refractivity contribution in [2.45, 2.75) is 63.9 Å². The first-order valence-electron chi connectivity index (χ1n) is 15.5. The highest BCUT2D eigenvalue weighted by Gasteiger charge is 2.34. The molecule has 0 aliphatic heterocycles. The smallest absolute Gasteiger partial charge is 0.264 e. The number of rotatable bonds is 14. The minimum atomic E-state index is -4.16. The molecule has 0 fully saturated rings. The van der Waals surface area contributed by atoms with E-state index in [2.05, 4.69) is 19.2 Å². The zero-order chi connectivity index (χ0) is 33.3. The molecule has 1 N–H and O–H groups in total. The van der Waals surface area contributed by atoms with Gasteiger partial charge in [0.05, 0.1) is 10.6 Å². The third-order valence-corrected chi connectivity index (χ3v) is 9.86. The number of halogens is 1. The van der Waals surface area contributed by atoms with Gasteiger partial charge in [0.25, 0.3) is 10.0 Å². The fourth-order valence-electron chi connectivity index (χ4n) is 5.10. The topological polar surface area (TPSA) is 86.8 Å². The van der Waals surface area contributed by atoms with Gasteiger partial charge in [-0.25, -0.2) is 8.42 Å². The van der Waals surface area contributed by atoms with Crippen molar-refractivity contribution in [1.29, 1.82) is 0 Å². The first kappa shape index (κ1) is 34.7. The number of carbonyl (C=O) groups is 2. The highest BCUT2D eigenvalue weighted by atomic mass is 35.5. The number of nitrogens with one attached hydrogen (secondary N) is 1. The molecule has 0 heterocycles. The van der Waals surface area contributed by atoms with Crippen molar-refractivity contribution in [3.8, 4) is 0 Å². The Bertz CT molecular complexity index is 1690. The maximum atomic E-state index is 14.5. The lowest BCUT2D eigenvalue weighted by atomic mass is 10.0. The van der Waals surface area contributed by atoms with Gasteiger partial charge in [0, 0.05) is 24.5 Å². The van der Waals surface area contributed by atoms with E-state index < -0.39 is 28.5 Å². The summed E-state index contributed by atoms with van der Waals surface area (Å²) < 4.78 is 29.6. The van der Waals surface area contributed by atoms with Crippen LogP contribution in [0.5, 0.6) is 0 Å². The predicted molar refractivity (Wildman–Crippen MR) is 185 cm³/mol. The van der Waals surface area contributed by atoms with E-state index in [1.165, 1.54) is 4.90 Å². The Morgan fingerprint density at radius 1 is 0.826 bits per heavy atom. The summed E-state index contributed by atoms with van der Waals surface area (Å²) in [7, 11) is -4.16. The molecule has 242 valence electrons. The summed E-state index contributed by atoms with van der Waals surface area (Å²) in [5, 5.41) is 3.51. The molecule has 46 heavy (non-hydrogen) atoms. The monoisotopic (exact) mass is 659 g/mol. The predicted octanol–water partition coefficient (Wildman–Crippen LogP) is 7.13. The first-order chi connectivity index (χ1) is 22.0. The molecule has 0 aromatic heterocycles. The molecule has 0 radical (unpaired) electrons. The average Bonchev–Trinajstić information content (AvgIpc) is 3.05. The van der Waals surface area contributed by atoms with E-state index in [1.54, 1.807) is 60.7 Å². The van der Waals surface area contributed by atoms with Crippen molar-refractivity contribution in [2.75, 3.05) is 17.4 Å². The van der Waals surface area contributed by atoms with Crippen molar-refractivity contribution >= 4 is 39.1 Å². The SMILES string of the molecule is CCCNC(=O)[C@H](Cc1ccccc1)N(Cc1ccc(Cl)cc1)C(=O)CN(c1ccc(C(C)C)cc1)S(=O)(=O)c1ccc(C)cc1. The molecular weight excluding hydrogens is 618 g/mol. The molecule has 4 rings (SSSR count). The zero-order valence-corrected chi connectivity index (χ0v) is 28.4. The second kappa shape index (κ2) is 15.9. The minimum Gasteiger partial charge on any atom is -0.354 e. The molecule has 0 unspecified atom stereocenters. The van der Waals surface area contributed by atoms with E-state index in [0.717, 1.165) is 33.0 Å². The average molecular weight is 660 g/mol.